The number of aliphatic hydroxyl groups is 1. The number of nitrogens with one attached hydrogen (secondary N) is 2. The molecule has 2 fully saturated rings. The minimum absolute atomic E-state index is 0.117. The number of anilines is 6. The second-order valence-electron chi connectivity index (χ2n) is 15.4. The number of hydrogen-bond acceptors (Lipinski definition) is 11. The molecule has 7 rings (SSSR count). The molecule has 4 heterocycles. The van der Waals surface area contributed by atoms with Gasteiger partial charge in [0.15, 0.2) is 21.6 Å². The highest BCUT2D eigenvalue weighted by Gasteiger charge is 2.51. The number of aromatic nitrogens is 2. The summed E-state index contributed by atoms with van der Waals surface area (Å²) in [5.74, 6) is 0.562. The first kappa shape index (κ1) is 46.7. The van der Waals surface area contributed by atoms with Crippen molar-refractivity contribution < 1.29 is 33.8 Å². The summed E-state index contributed by atoms with van der Waals surface area (Å²) in [6, 6.07) is 25.6. The molecule has 3 N–H and O–H groups in total. The number of aliphatic hydroxyl groups excluding tert-OH is 1. The van der Waals surface area contributed by atoms with Crippen LogP contribution in [0, 0.1) is 27.0 Å². The average molecular weight is 911 g/mol. The lowest BCUT2D eigenvalue weighted by molar-refractivity contribution is -0.121. The highest BCUT2D eigenvalue weighted by Crippen LogP contribution is 2.39. The van der Waals surface area contributed by atoms with E-state index in [0.717, 1.165) is 11.1 Å². The minimum atomic E-state index is -0.972. The number of amides is 4. The van der Waals surface area contributed by atoms with E-state index in [1.807, 2.05) is 19.9 Å². The van der Waals surface area contributed by atoms with Crippen LogP contribution in [0.25, 0.3) is 9.69 Å². The molecule has 19 heteroatoms. The van der Waals surface area contributed by atoms with Gasteiger partial charge >= 0.3 is 12.2 Å². The standard InChI is InChI=1S/C25H21N5O3S.C21H21N5O4S/c1-16-14-17(10-12-20(16)26-4)29-22(31)25(2,3)30(24(29)34)18-11-13-21(27-15-18)28-23(32)33-19-8-6-5-7-9-19;1-13-11-14(5-7-16(13)22-4)25-18(28)21(2,3)26(20(25)31)15-6-8-17(23-12-15)24-19(29)30-10-9-27/h5-15H,1-3H3,(H,27,28,32);5-8,11-12,27H,9-10H2,1-3H3,(H,23,24,29). The van der Waals surface area contributed by atoms with Crippen LogP contribution in [0.3, 0.4) is 0 Å². The Hall–Kier alpha value is -7.84. The lowest BCUT2D eigenvalue weighted by Gasteiger charge is -2.29. The van der Waals surface area contributed by atoms with Crippen molar-refractivity contribution in [1.29, 1.82) is 0 Å². The lowest BCUT2D eigenvalue weighted by atomic mass is 10.0. The summed E-state index contributed by atoms with van der Waals surface area (Å²) >= 11 is 11.3. The van der Waals surface area contributed by atoms with Crippen LogP contribution in [0.5, 0.6) is 5.75 Å². The van der Waals surface area contributed by atoms with Crippen LogP contribution >= 0.6 is 24.4 Å². The van der Waals surface area contributed by atoms with Gasteiger partial charge in [0.1, 0.15) is 35.1 Å². The van der Waals surface area contributed by atoms with Crippen molar-refractivity contribution in [3.8, 4) is 5.75 Å². The molecule has 2 aliphatic heterocycles. The number of carbonyl (C=O) groups is 4. The number of nitrogens with zero attached hydrogens (tertiary/aromatic N) is 8. The van der Waals surface area contributed by atoms with Crippen LogP contribution in [0.1, 0.15) is 38.8 Å². The van der Waals surface area contributed by atoms with E-state index in [2.05, 4.69) is 30.3 Å². The Kier molecular flexibility index (Phi) is 13.8. The van der Waals surface area contributed by atoms with Gasteiger partial charge in [-0.05, 0) is 138 Å². The molecule has 2 aliphatic rings. The zero-order valence-electron chi connectivity index (χ0n) is 36.0. The summed E-state index contributed by atoms with van der Waals surface area (Å²) in [5.41, 5.74) is 2.99. The topological polar surface area (TPSA) is 178 Å². The Balaban J connectivity index is 0.000000216. The van der Waals surface area contributed by atoms with E-state index in [4.69, 9.17) is 52.2 Å². The van der Waals surface area contributed by atoms with Gasteiger partial charge in [-0.15, -0.1) is 0 Å². The quantitative estimate of drug-likeness (QED) is 0.0945. The van der Waals surface area contributed by atoms with Crippen LogP contribution in [-0.4, -0.2) is 73.6 Å². The van der Waals surface area contributed by atoms with Gasteiger partial charge in [0.25, 0.3) is 11.8 Å². The number of pyridine rings is 2. The summed E-state index contributed by atoms with van der Waals surface area (Å²) in [6.07, 6.45) is 1.64. The van der Waals surface area contributed by atoms with E-state index in [9.17, 15) is 19.2 Å². The summed E-state index contributed by atoms with van der Waals surface area (Å²) in [7, 11) is 0. The largest absolute Gasteiger partial charge is 0.447 e. The number of benzene rings is 3. The molecule has 3 aromatic carbocycles. The molecule has 5 aromatic rings. The first-order valence-corrected chi connectivity index (χ1v) is 20.6. The fourth-order valence-corrected chi connectivity index (χ4v) is 7.95. The van der Waals surface area contributed by atoms with Gasteiger partial charge in [0.05, 0.1) is 43.5 Å². The molecule has 330 valence electrons. The zero-order chi connectivity index (χ0) is 47.2. The predicted molar refractivity (Wildman–Crippen MR) is 255 cm³/mol. The number of thiocarbonyl (C=S) groups is 2. The molecule has 0 atom stereocenters. The summed E-state index contributed by atoms with van der Waals surface area (Å²) in [6.45, 7) is 24.8. The van der Waals surface area contributed by atoms with Crippen molar-refractivity contribution in [3.63, 3.8) is 0 Å². The molecule has 0 unspecified atom stereocenters. The minimum Gasteiger partial charge on any atom is -0.447 e. The third-order valence-electron chi connectivity index (χ3n) is 10.2. The highest BCUT2D eigenvalue weighted by molar-refractivity contribution is 7.81. The lowest BCUT2D eigenvalue weighted by Crippen LogP contribution is -2.44. The molecule has 0 aliphatic carbocycles. The first-order chi connectivity index (χ1) is 30.9. The van der Waals surface area contributed by atoms with Crippen LogP contribution in [-0.2, 0) is 14.3 Å². The van der Waals surface area contributed by atoms with Crippen molar-refractivity contribution in [1.82, 2.24) is 9.97 Å². The van der Waals surface area contributed by atoms with Crippen LogP contribution in [0.4, 0.5) is 55.3 Å². The molecule has 17 nitrogen and oxygen atoms in total. The molecule has 4 amide bonds. The zero-order valence-corrected chi connectivity index (χ0v) is 37.7. The van der Waals surface area contributed by atoms with Crippen molar-refractivity contribution in [2.75, 3.05) is 43.4 Å². The maximum Gasteiger partial charge on any atom is 0.418 e. The van der Waals surface area contributed by atoms with Crippen molar-refractivity contribution in [3.05, 3.63) is 137 Å². The normalized spacial score (nSPS) is 14.8. The van der Waals surface area contributed by atoms with Gasteiger partial charge < -0.3 is 24.4 Å². The van der Waals surface area contributed by atoms with E-state index in [-0.39, 0.29) is 36.0 Å². The Morgan fingerprint density at radius 2 is 1.11 bits per heavy atom. The van der Waals surface area contributed by atoms with Crippen molar-refractivity contribution >= 4 is 104 Å². The molecule has 2 saturated heterocycles. The maximum atomic E-state index is 13.3. The van der Waals surface area contributed by atoms with Gasteiger partial charge in [-0.1, -0.05) is 30.3 Å². The molecule has 0 saturated carbocycles. The average Bonchev–Trinajstić information content (AvgIpc) is 3.57. The number of aryl methyl sites for hydroxylation is 2. The molecule has 0 radical (unpaired) electrons. The number of rotatable bonds is 9. The van der Waals surface area contributed by atoms with E-state index in [0.29, 0.717) is 50.8 Å². The molecule has 0 spiro atoms. The third-order valence-corrected chi connectivity index (χ3v) is 10.9. The second-order valence-corrected chi connectivity index (χ2v) is 16.1. The van der Waals surface area contributed by atoms with Gasteiger partial charge in [-0.3, -0.25) is 30.0 Å². The molecular weight excluding hydrogens is 869 g/mol. The second kappa shape index (κ2) is 19.3. The van der Waals surface area contributed by atoms with Gasteiger partial charge in [-0.25, -0.2) is 29.2 Å². The van der Waals surface area contributed by atoms with Crippen molar-refractivity contribution in [2.45, 2.75) is 52.6 Å². The molecular formula is C46H42N10O7S2. The third kappa shape index (κ3) is 9.72. The van der Waals surface area contributed by atoms with E-state index in [1.165, 1.54) is 22.2 Å². The first-order valence-electron chi connectivity index (χ1n) is 19.8. The predicted octanol–water partition coefficient (Wildman–Crippen LogP) is 8.87. The smallest absolute Gasteiger partial charge is 0.418 e. The van der Waals surface area contributed by atoms with Crippen LogP contribution < -0.4 is 35.0 Å². The van der Waals surface area contributed by atoms with Gasteiger partial charge in [0.2, 0.25) is 0 Å². The highest BCUT2D eigenvalue weighted by atomic mass is 32.1. The summed E-state index contributed by atoms with van der Waals surface area (Å²) in [4.78, 5) is 72.0. The Labute approximate surface area is 385 Å². The Morgan fingerprint density at radius 1 is 0.677 bits per heavy atom. The Morgan fingerprint density at radius 3 is 1.49 bits per heavy atom. The van der Waals surface area contributed by atoms with Gasteiger partial charge in [0, 0.05) is 11.4 Å². The number of ether oxygens (including phenoxy) is 2. The fourth-order valence-electron chi connectivity index (χ4n) is 6.91. The number of hydrogen-bond donors (Lipinski definition) is 3. The monoisotopic (exact) mass is 910 g/mol. The van der Waals surface area contributed by atoms with Crippen LogP contribution in [0.2, 0.25) is 0 Å². The Bertz CT molecular complexity index is 2770. The van der Waals surface area contributed by atoms with E-state index >= 15 is 0 Å². The van der Waals surface area contributed by atoms with Gasteiger partial charge in [-0.2, -0.15) is 0 Å². The van der Waals surface area contributed by atoms with E-state index < -0.39 is 23.3 Å². The molecule has 2 aromatic heterocycles. The SMILES string of the molecule is [C-]#[N+]c1ccc(N2C(=O)C(C)(C)N(c3ccc(NC(=O)OCCO)nc3)C2=S)cc1C.[C-]#[N+]c1ccc(N2C(=O)C(C)(C)N(c3ccc(NC(=O)Oc4ccccc4)nc3)C2=S)cc1C. The number of carbonyl (C=O) groups excluding carboxylic acids is 4. The number of para-hydroxylation sites is 1. The fraction of sp³-hybridized carbons (Fsp3) is 0.217. The molecule has 0 bridgehead atoms. The summed E-state index contributed by atoms with van der Waals surface area (Å²) in [5, 5.41) is 14.3. The van der Waals surface area contributed by atoms with Crippen molar-refractivity contribution in [2.24, 2.45) is 0 Å². The summed E-state index contributed by atoms with van der Waals surface area (Å²) < 4.78 is 9.95. The maximum absolute atomic E-state index is 13.3. The van der Waals surface area contributed by atoms with Crippen LogP contribution in [0.15, 0.2) is 103 Å². The van der Waals surface area contributed by atoms with E-state index in [1.54, 1.807) is 122 Å². The molecule has 65 heavy (non-hydrogen) atoms.